The second-order valence-corrected chi connectivity index (χ2v) is 6.15. The number of carbonyl (C=O) groups excluding carboxylic acids is 1. The molecule has 1 rings (SSSR count). The summed E-state index contributed by atoms with van der Waals surface area (Å²) in [6.45, 7) is 5.50. The highest BCUT2D eigenvalue weighted by molar-refractivity contribution is 8.13. The van der Waals surface area contributed by atoms with E-state index in [1.54, 1.807) is 6.92 Å². The molecular formula is C14H18OS2. The van der Waals surface area contributed by atoms with Gasteiger partial charge in [0.1, 0.15) is 0 Å². The molecule has 0 aromatic heterocycles. The van der Waals surface area contributed by atoms with Gasteiger partial charge >= 0.3 is 0 Å². The van der Waals surface area contributed by atoms with Gasteiger partial charge in [0.15, 0.2) is 5.12 Å². The lowest BCUT2D eigenvalue weighted by Gasteiger charge is -2.12. The summed E-state index contributed by atoms with van der Waals surface area (Å²) >= 11 is 3.29. The molecule has 3 heteroatoms. The van der Waals surface area contributed by atoms with E-state index in [1.165, 1.54) is 17.3 Å². The van der Waals surface area contributed by atoms with E-state index >= 15 is 0 Å². The van der Waals surface area contributed by atoms with Crippen molar-refractivity contribution >= 4 is 28.6 Å². The molecule has 92 valence electrons. The van der Waals surface area contributed by atoms with Crippen molar-refractivity contribution in [3.05, 3.63) is 48.6 Å². The highest BCUT2D eigenvalue weighted by atomic mass is 32.2. The van der Waals surface area contributed by atoms with Crippen molar-refractivity contribution in [2.75, 3.05) is 11.5 Å². The molecule has 0 aliphatic carbocycles. The fourth-order valence-electron chi connectivity index (χ4n) is 1.43. The predicted octanol–water partition coefficient (Wildman–Crippen LogP) is 4.32. The van der Waals surface area contributed by atoms with Crippen LogP contribution in [0, 0.1) is 0 Å². The van der Waals surface area contributed by atoms with E-state index in [9.17, 15) is 4.79 Å². The lowest BCUT2D eigenvalue weighted by Crippen LogP contribution is -1.93. The summed E-state index contributed by atoms with van der Waals surface area (Å²) in [5.74, 6) is 1.98. The number of hydrogen-bond acceptors (Lipinski definition) is 3. The average Bonchev–Trinajstić information content (AvgIpc) is 2.34. The first kappa shape index (κ1) is 14.4. The van der Waals surface area contributed by atoms with Crippen molar-refractivity contribution in [2.45, 2.75) is 18.6 Å². The molecule has 0 spiro atoms. The van der Waals surface area contributed by atoms with Crippen LogP contribution < -0.4 is 0 Å². The average molecular weight is 266 g/mol. The van der Waals surface area contributed by atoms with Crippen molar-refractivity contribution in [1.82, 2.24) is 0 Å². The Balaban J connectivity index is 2.29. The van der Waals surface area contributed by atoms with Gasteiger partial charge in [-0.2, -0.15) is 0 Å². The largest absolute Gasteiger partial charge is 0.288 e. The number of carbonyl (C=O) groups is 1. The first-order valence-corrected chi connectivity index (χ1v) is 7.70. The van der Waals surface area contributed by atoms with Crippen LogP contribution in [-0.4, -0.2) is 16.6 Å². The summed E-state index contributed by atoms with van der Waals surface area (Å²) in [6, 6.07) is 10.4. The molecule has 0 saturated heterocycles. The maximum atomic E-state index is 10.8. The Morgan fingerprint density at radius 2 is 2.06 bits per heavy atom. The molecule has 0 bridgehead atoms. The minimum atomic E-state index is 0.207. The number of thioether (sulfide) groups is 2. The zero-order valence-corrected chi connectivity index (χ0v) is 11.7. The van der Waals surface area contributed by atoms with E-state index in [2.05, 4.69) is 30.8 Å². The molecule has 0 aliphatic rings. The summed E-state index contributed by atoms with van der Waals surface area (Å²) in [4.78, 5) is 10.8. The first-order chi connectivity index (χ1) is 8.24. The smallest absolute Gasteiger partial charge is 0.185 e. The Kier molecular flexibility index (Phi) is 7.13. The maximum Gasteiger partial charge on any atom is 0.185 e. The Labute approximate surface area is 112 Å². The van der Waals surface area contributed by atoms with Gasteiger partial charge in [0.25, 0.3) is 0 Å². The minimum absolute atomic E-state index is 0.207. The van der Waals surface area contributed by atoms with Gasteiger partial charge in [-0.25, -0.2) is 0 Å². The van der Waals surface area contributed by atoms with Gasteiger partial charge in [0.2, 0.25) is 0 Å². The minimum Gasteiger partial charge on any atom is -0.288 e. The number of rotatable bonds is 7. The molecule has 0 heterocycles. The number of benzene rings is 1. The third-order valence-electron chi connectivity index (χ3n) is 2.23. The van der Waals surface area contributed by atoms with Crippen LogP contribution in [0.3, 0.4) is 0 Å². The number of hydrogen-bond donors (Lipinski definition) is 0. The SMILES string of the molecule is C=CC(SCCCSC(C)=O)c1ccccc1. The van der Waals surface area contributed by atoms with Crippen LogP contribution in [0.2, 0.25) is 0 Å². The second kappa shape index (κ2) is 8.43. The molecule has 0 N–H and O–H groups in total. The van der Waals surface area contributed by atoms with E-state index in [0.717, 1.165) is 17.9 Å². The van der Waals surface area contributed by atoms with Crippen LogP contribution >= 0.6 is 23.5 Å². The normalized spacial score (nSPS) is 12.1. The Bertz CT molecular complexity index is 348. The molecule has 1 unspecified atom stereocenters. The molecule has 0 radical (unpaired) electrons. The van der Waals surface area contributed by atoms with Gasteiger partial charge in [-0.3, -0.25) is 4.79 Å². The second-order valence-electron chi connectivity index (χ2n) is 3.63. The van der Waals surface area contributed by atoms with Crippen LogP contribution in [0.1, 0.15) is 24.2 Å². The van der Waals surface area contributed by atoms with Crippen molar-refractivity contribution in [3.63, 3.8) is 0 Å². The molecule has 0 fully saturated rings. The third kappa shape index (κ3) is 5.99. The van der Waals surface area contributed by atoms with E-state index in [-0.39, 0.29) is 5.12 Å². The van der Waals surface area contributed by atoms with Gasteiger partial charge in [-0.05, 0) is 17.7 Å². The van der Waals surface area contributed by atoms with E-state index in [0.29, 0.717) is 5.25 Å². The molecule has 1 aromatic carbocycles. The maximum absolute atomic E-state index is 10.8. The zero-order chi connectivity index (χ0) is 12.5. The third-order valence-corrected chi connectivity index (χ3v) is 4.48. The van der Waals surface area contributed by atoms with E-state index in [1.807, 2.05) is 23.9 Å². The summed E-state index contributed by atoms with van der Waals surface area (Å²) in [7, 11) is 0. The molecule has 0 aliphatic heterocycles. The summed E-state index contributed by atoms with van der Waals surface area (Å²) in [6.07, 6.45) is 3.05. The van der Waals surface area contributed by atoms with Crippen molar-refractivity contribution in [1.29, 1.82) is 0 Å². The highest BCUT2D eigenvalue weighted by Gasteiger charge is 2.06. The zero-order valence-electron chi connectivity index (χ0n) is 10.1. The summed E-state index contributed by atoms with van der Waals surface area (Å²) in [5.41, 5.74) is 1.30. The van der Waals surface area contributed by atoms with Gasteiger partial charge in [-0.1, -0.05) is 48.2 Å². The topological polar surface area (TPSA) is 17.1 Å². The standard InChI is InChI=1S/C14H18OS2/c1-3-14(13-8-5-4-6-9-13)17-11-7-10-16-12(2)15/h3-6,8-9,14H,1,7,10-11H2,2H3. The molecular weight excluding hydrogens is 248 g/mol. The highest BCUT2D eigenvalue weighted by Crippen LogP contribution is 2.30. The Hall–Kier alpha value is -0.670. The fraction of sp³-hybridized carbons (Fsp3) is 0.357. The molecule has 0 saturated carbocycles. The summed E-state index contributed by atoms with van der Waals surface area (Å²) < 4.78 is 0. The van der Waals surface area contributed by atoms with Gasteiger partial charge in [0.05, 0.1) is 0 Å². The van der Waals surface area contributed by atoms with E-state index in [4.69, 9.17) is 0 Å². The predicted molar refractivity (Wildman–Crippen MR) is 79.6 cm³/mol. The van der Waals surface area contributed by atoms with Crippen LogP contribution in [0.15, 0.2) is 43.0 Å². The van der Waals surface area contributed by atoms with Crippen LogP contribution in [0.25, 0.3) is 0 Å². The van der Waals surface area contributed by atoms with E-state index < -0.39 is 0 Å². The van der Waals surface area contributed by atoms with Crippen molar-refractivity contribution < 1.29 is 4.79 Å². The molecule has 0 amide bonds. The first-order valence-electron chi connectivity index (χ1n) is 5.66. The molecule has 1 nitrogen and oxygen atoms in total. The summed E-state index contributed by atoms with van der Waals surface area (Å²) in [5, 5.41) is 0.567. The van der Waals surface area contributed by atoms with Crippen molar-refractivity contribution in [2.24, 2.45) is 0 Å². The molecule has 1 atom stereocenters. The van der Waals surface area contributed by atoms with Crippen molar-refractivity contribution in [3.8, 4) is 0 Å². The Morgan fingerprint density at radius 1 is 1.35 bits per heavy atom. The Morgan fingerprint density at radius 3 is 2.65 bits per heavy atom. The van der Waals surface area contributed by atoms with Crippen LogP contribution in [-0.2, 0) is 4.79 Å². The lowest BCUT2D eigenvalue weighted by molar-refractivity contribution is -0.109. The molecule has 17 heavy (non-hydrogen) atoms. The van der Waals surface area contributed by atoms with Crippen LogP contribution in [0.5, 0.6) is 0 Å². The lowest BCUT2D eigenvalue weighted by atomic mass is 10.1. The monoisotopic (exact) mass is 266 g/mol. The van der Waals surface area contributed by atoms with Gasteiger partial charge in [-0.15, -0.1) is 18.3 Å². The molecule has 1 aromatic rings. The van der Waals surface area contributed by atoms with Gasteiger partial charge in [0, 0.05) is 17.9 Å². The quantitative estimate of drug-likeness (QED) is 0.540. The van der Waals surface area contributed by atoms with Crippen LogP contribution in [0.4, 0.5) is 0 Å². The van der Waals surface area contributed by atoms with Gasteiger partial charge < -0.3 is 0 Å². The fourth-order valence-corrected chi connectivity index (χ4v) is 3.24.